The predicted molar refractivity (Wildman–Crippen MR) is 94.2 cm³/mol. The average molecular weight is 357 g/mol. The first-order valence-corrected chi connectivity index (χ1v) is 8.19. The molecule has 1 fully saturated rings. The minimum absolute atomic E-state index is 0.00396. The fourth-order valence-electron chi connectivity index (χ4n) is 3.09. The number of benzene rings is 1. The second-order valence-electron chi connectivity index (χ2n) is 6.04. The summed E-state index contributed by atoms with van der Waals surface area (Å²) < 4.78 is 10.4. The Morgan fingerprint density at radius 3 is 2.46 bits per heavy atom. The van der Waals surface area contributed by atoms with Crippen molar-refractivity contribution in [2.75, 3.05) is 25.6 Å². The van der Waals surface area contributed by atoms with Crippen LogP contribution in [0.3, 0.4) is 0 Å². The number of hydrogen-bond acceptors (Lipinski definition) is 6. The summed E-state index contributed by atoms with van der Waals surface area (Å²) in [5, 5.41) is 13.8. The number of nitrogens with zero attached hydrogens (tertiary/aromatic N) is 2. The standard InChI is InChI=1S/C18H19N3O5/c1-25-16-7-4-14(12-19-16)20-17(22)18(8-10-26-11-9-18)13-2-5-15(6-3-13)21(23)24/h2-7,12H,8-11H2,1H3,(H,20,22). The molecule has 0 spiro atoms. The molecule has 1 aliphatic heterocycles. The van der Waals surface area contributed by atoms with Crippen molar-refractivity contribution in [3.63, 3.8) is 0 Å². The Bertz CT molecular complexity index is 783. The number of nitro groups is 1. The first kappa shape index (κ1) is 17.8. The quantitative estimate of drug-likeness (QED) is 0.652. The van der Waals surface area contributed by atoms with E-state index in [-0.39, 0.29) is 11.6 Å². The number of hydrogen-bond donors (Lipinski definition) is 1. The van der Waals surface area contributed by atoms with Crippen LogP contribution >= 0.6 is 0 Å². The van der Waals surface area contributed by atoms with E-state index in [4.69, 9.17) is 9.47 Å². The first-order chi connectivity index (χ1) is 12.5. The van der Waals surface area contributed by atoms with Crippen molar-refractivity contribution < 1.29 is 19.2 Å². The van der Waals surface area contributed by atoms with Crippen molar-refractivity contribution in [1.82, 2.24) is 4.98 Å². The number of nitrogens with one attached hydrogen (secondary N) is 1. The highest BCUT2D eigenvalue weighted by Crippen LogP contribution is 2.37. The molecule has 8 nitrogen and oxygen atoms in total. The van der Waals surface area contributed by atoms with Gasteiger partial charge in [0.15, 0.2) is 0 Å². The molecule has 26 heavy (non-hydrogen) atoms. The van der Waals surface area contributed by atoms with Crippen LogP contribution in [0.1, 0.15) is 18.4 Å². The molecule has 0 saturated carbocycles. The van der Waals surface area contributed by atoms with Crippen molar-refractivity contribution in [3.05, 3.63) is 58.3 Å². The van der Waals surface area contributed by atoms with Gasteiger partial charge in [-0.05, 0) is 24.5 Å². The Morgan fingerprint density at radius 2 is 1.92 bits per heavy atom. The summed E-state index contributed by atoms with van der Waals surface area (Å²) in [6.07, 6.45) is 2.53. The summed E-state index contributed by atoms with van der Waals surface area (Å²) >= 11 is 0. The van der Waals surface area contributed by atoms with Gasteiger partial charge in [-0.1, -0.05) is 12.1 Å². The summed E-state index contributed by atoms with van der Waals surface area (Å²) in [7, 11) is 1.52. The van der Waals surface area contributed by atoms with Crippen LogP contribution in [-0.4, -0.2) is 36.1 Å². The zero-order valence-corrected chi connectivity index (χ0v) is 14.3. The van der Waals surface area contributed by atoms with Gasteiger partial charge in [-0.3, -0.25) is 14.9 Å². The molecule has 136 valence electrons. The number of ether oxygens (including phenoxy) is 2. The lowest BCUT2D eigenvalue weighted by Crippen LogP contribution is -2.44. The number of anilines is 1. The van der Waals surface area contributed by atoms with Crippen LogP contribution in [-0.2, 0) is 14.9 Å². The highest BCUT2D eigenvalue weighted by atomic mass is 16.6. The van der Waals surface area contributed by atoms with Gasteiger partial charge in [0.2, 0.25) is 11.8 Å². The van der Waals surface area contributed by atoms with Gasteiger partial charge >= 0.3 is 0 Å². The summed E-state index contributed by atoms with van der Waals surface area (Å²) in [6, 6.07) is 9.53. The van der Waals surface area contributed by atoms with Gasteiger partial charge in [-0.2, -0.15) is 0 Å². The maximum atomic E-state index is 13.1. The van der Waals surface area contributed by atoms with E-state index in [9.17, 15) is 14.9 Å². The Balaban J connectivity index is 1.88. The molecule has 1 saturated heterocycles. The normalized spacial score (nSPS) is 15.9. The Labute approximate surface area is 150 Å². The minimum Gasteiger partial charge on any atom is -0.481 e. The number of carbonyl (C=O) groups is 1. The molecular weight excluding hydrogens is 338 g/mol. The number of methoxy groups -OCH3 is 1. The van der Waals surface area contributed by atoms with Crippen LogP contribution in [0, 0.1) is 10.1 Å². The lowest BCUT2D eigenvalue weighted by atomic mass is 9.73. The summed E-state index contributed by atoms with van der Waals surface area (Å²) in [5.74, 6) is 0.278. The van der Waals surface area contributed by atoms with E-state index < -0.39 is 10.3 Å². The third-order valence-corrected chi connectivity index (χ3v) is 4.62. The fraction of sp³-hybridized carbons (Fsp3) is 0.333. The van der Waals surface area contributed by atoms with Crippen molar-refractivity contribution in [2.45, 2.75) is 18.3 Å². The van der Waals surface area contributed by atoms with Crippen LogP contribution < -0.4 is 10.1 Å². The van der Waals surface area contributed by atoms with E-state index in [1.165, 1.54) is 25.4 Å². The smallest absolute Gasteiger partial charge is 0.269 e. The van der Waals surface area contributed by atoms with E-state index in [0.29, 0.717) is 37.6 Å². The van der Waals surface area contributed by atoms with Gasteiger partial charge in [0.1, 0.15) is 0 Å². The van der Waals surface area contributed by atoms with Crippen LogP contribution in [0.25, 0.3) is 0 Å². The van der Waals surface area contributed by atoms with Crippen LogP contribution in [0.2, 0.25) is 0 Å². The minimum atomic E-state index is -0.798. The van der Waals surface area contributed by atoms with Gasteiger partial charge in [0.05, 0.1) is 29.3 Å². The monoisotopic (exact) mass is 357 g/mol. The number of nitro benzene ring substituents is 1. The highest BCUT2D eigenvalue weighted by Gasteiger charge is 2.42. The lowest BCUT2D eigenvalue weighted by Gasteiger charge is -2.36. The van der Waals surface area contributed by atoms with Gasteiger partial charge < -0.3 is 14.8 Å². The average Bonchev–Trinajstić information content (AvgIpc) is 2.69. The molecule has 8 heteroatoms. The molecular formula is C18H19N3O5. The molecule has 1 aromatic carbocycles. The molecule has 0 atom stereocenters. The summed E-state index contributed by atoms with van der Waals surface area (Å²) in [5.41, 5.74) is 0.498. The second-order valence-corrected chi connectivity index (χ2v) is 6.04. The van der Waals surface area contributed by atoms with E-state index in [0.717, 1.165) is 5.56 Å². The van der Waals surface area contributed by atoms with Crippen molar-refractivity contribution >= 4 is 17.3 Å². The van der Waals surface area contributed by atoms with Gasteiger partial charge in [-0.25, -0.2) is 4.98 Å². The molecule has 1 aliphatic rings. The van der Waals surface area contributed by atoms with Crippen molar-refractivity contribution in [1.29, 1.82) is 0 Å². The van der Waals surface area contributed by atoms with Crippen LogP contribution in [0.4, 0.5) is 11.4 Å². The predicted octanol–water partition coefficient (Wildman–Crippen LogP) is 2.69. The molecule has 2 heterocycles. The third kappa shape index (κ3) is 3.50. The van der Waals surface area contributed by atoms with E-state index >= 15 is 0 Å². The molecule has 2 aromatic rings. The van der Waals surface area contributed by atoms with E-state index in [2.05, 4.69) is 10.3 Å². The Morgan fingerprint density at radius 1 is 1.23 bits per heavy atom. The number of rotatable bonds is 5. The molecule has 1 amide bonds. The van der Waals surface area contributed by atoms with E-state index in [1.54, 1.807) is 24.3 Å². The summed E-state index contributed by atoms with van der Waals surface area (Å²) in [4.78, 5) is 27.6. The Kier molecular flexibility index (Phi) is 5.13. The number of non-ortho nitro benzene ring substituents is 1. The third-order valence-electron chi connectivity index (χ3n) is 4.62. The topological polar surface area (TPSA) is 104 Å². The fourth-order valence-corrected chi connectivity index (χ4v) is 3.09. The van der Waals surface area contributed by atoms with Gasteiger partial charge in [0, 0.05) is 31.4 Å². The number of pyridine rings is 1. The SMILES string of the molecule is COc1ccc(NC(=O)C2(c3ccc([N+](=O)[O-])cc3)CCOCC2)cn1. The maximum Gasteiger partial charge on any atom is 0.269 e. The molecule has 0 radical (unpaired) electrons. The van der Waals surface area contributed by atoms with Gasteiger partial charge in [-0.15, -0.1) is 0 Å². The van der Waals surface area contributed by atoms with Gasteiger partial charge in [0.25, 0.3) is 5.69 Å². The number of amides is 1. The Hall–Kier alpha value is -3.00. The van der Waals surface area contributed by atoms with Crippen LogP contribution in [0.15, 0.2) is 42.6 Å². The zero-order valence-electron chi connectivity index (χ0n) is 14.3. The molecule has 1 N–H and O–H groups in total. The molecule has 3 rings (SSSR count). The molecule has 0 aliphatic carbocycles. The first-order valence-electron chi connectivity index (χ1n) is 8.19. The van der Waals surface area contributed by atoms with E-state index in [1.807, 2.05) is 0 Å². The van der Waals surface area contributed by atoms with Crippen molar-refractivity contribution in [2.24, 2.45) is 0 Å². The van der Waals surface area contributed by atoms with Crippen LogP contribution in [0.5, 0.6) is 5.88 Å². The largest absolute Gasteiger partial charge is 0.481 e. The molecule has 1 aromatic heterocycles. The number of aromatic nitrogens is 1. The lowest BCUT2D eigenvalue weighted by molar-refractivity contribution is -0.384. The van der Waals surface area contributed by atoms with Crippen molar-refractivity contribution in [3.8, 4) is 5.88 Å². The molecule has 0 unspecified atom stereocenters. The maximum absolute atomic E-state index is 13.1. The molecule has 0 bridgehead atoms. The second kappa shape index (κ2) is 7.49. The number of carbonyl (C=O) groups excluding carboxylic acids is 1. The summed E-state index contributed by atoms with van der Waals surface area (Å²) in [6.45, 7) is 0.899. The highest BCUT2D eigenvalue weighted by molar-refractivity contribution is 5.99. The zero-order chi connectivity index (χ0) is 18.6.